The Balaban J connectivity index is 1.57. The molecule has 4 rings (SSSR count). The molecule has 0 saturated heterocycles. The molecule has 3 heterocycles. The number of esters is 1. The number of rotatable bonds is 7. The fourth-order valence-corrected chi connectivity index (χ4v) is 4.52. The van der Waals surface area contributed by atoms with E-state index in [9.17, 15) is 9.59 Å². The zero-order valence-corrected chi connectivity index (χ0v) is 16.4. The fraction of sp³-hybridized carbons (Fsp3) is 0.412. The number of carbonyl (C=O) groups excluding carboxylic acids is 2. The Hall–Kier alpha value is -2.33. The first-order valence-corrected chi connectivity index (χ1v) is 10.6. The van der Waals surface area contributed by atoms with Crippen LogP contribution in [-0.4, -0.2) is 45.7 Å². The van der Waals surface area contributed by atoms with E-state index in [1.54, 1.807) is 18.3 Å². The maximum absolute atomic E-state index is 12.2. The van der Waals surface area contributed by atoms with Gasteiger partial charge in [0.25, 0.3) is 0 Å². The Morgan fingerprint density at radius 1 is 1.44 bits per heavy atom. The Kier molecular flexibility index (Phi) is 5.17. The SMILES string of the molecule is CCOC(=O)C1=C(CSc2nnc(-c3cccs3)n2C2CC2)NC(=O)NC1. The second-order valence-corrected chi connectivity index (χ2v) is 8.05. The lowest BCUT2D eigenvalue weighted by Gasteiger charge is -2.21. The first-order chi connectivity index (χ1) is 13.2. The predicted octanol–water partition coefficient (Wildman–Crippen LogP) is 2.56. The topological polar surface area (TPSA) is 98.1 Å². The molecule has 1 aliphatic heterocycles. The summed E-state index contributed by atoms with van der Waals surface area (Å²) < 4.78 is 7.27. The average molecular weight is 406 g/mol. The normalized spacial score (nSPS) is 16.9. The van der Waals surface area contributed by atoms with E-state index in [4.69, 9.17) is 4.74 Å². The summed E-state index contributed by atoms with van der Waals surface area (Å²) in [5, 5.41) is 16.9. The van der Waals surface area contributed by atoms with Crippen molar-refractivity contribution in [3.05, 3.63) is 28.8 Å². The molecule has 2 aliphatic rings. The lowest BCUT2D eigenvalue weighted by molar-refractivity contribution is -0.138. The molecule has 0 unspecified atom stereocenters. The van der Waals surface area contributed by atoms with Crippen molar-refractivity contribution < 1.29 is 14.3 Å². The van der Waals surface area contributed by atoms with Gasteiger partial charge in [-0.3, -0.25) is 4.57 Å². The Bertz CT molecular complexity index is 887. The van der Waals surface area contributed by atoms with E-state index < -0.39 is 5.97 Å². The number of amides is 2. The van der Waals surface area contributed by atoms with Gasteiger partial charge in [-0.1, -0.05) is 17.8 Å². The van der Waals surface area contributed by atoms with Gasteiger partial charge >= 0.3 is 12.0 Å². The largest absolute Gasteiger partial charge is 0.463 e. The smallest absolute Gasteiger partial charge is 0.337 e. The van der Waals surface area contributed by atoms with E-state index in [1.807, 2.05) is 17.5 Å². The van der Waals surface area contributed by atoms with Crippen molar-refractivity contribution in [2.45, 2.75) is 31.0 Å². The van der Waals surface area contributed by atoms with Crippen LogP contribution < -0.4 is 10.6 Å². The van der Waals surface area contributed by atoms with Crippen LogP contribution in [0.4, 0.5) is 4.79 Å². The molecule has 2 aromatic rings. The molecule has 2 aromatic heterocycles. The zero-order chi connectivity index (χ0) is 18.8. The van der Waals surface area contributed by atoms with E-state index in [0.717, 1.165) is 28.7 Å². The highest BCUT2D eigenvalue weighted by Crippen LogP contribution is 2.42. The molecule has 2 amide bonds. The molecule has 8 nitrogen and oxygen atoms in total. The van der Waals surface area contributed by atoms with Crippen LogP contribution in [0.2, 0.25) is 0 Å². The first-order valence-electron chi connectivity index (χ1n) is 8.73. The van der Waals surface area contributed by atoms with Crippen molar-refractivity contribution >= 4 is 35.1 Å². The highest BCUT2D eigenvalue weighted by Gasteiger charge is 2.31. The lowest BCUT2D eigenvalue weighted by Crippen LogP contribution is -2.44. The summed E-state index contributed by atoms with van der Waals surface area (Å²) in [6, 6.07) is 4.14. The molecule has 2 N–H and O–H groups in total. The van der Waals surface area contributed by atoms with E-state index in [-0.39, 0.29) is 19.2 Å². The molecule has 10 heteroatoms. The number of thioether (sulfide) groups is 1. The molecule has 1 saturated carbocycles. The second kappa shape index (κ2) is 7.73. The third-order valence-corrected chi connectivity index (χ3v) is 6.08. The van der Waals surface area contributed by atoms with Gasteiger partial charge in [0, 0.05) is 17.5 Å². The first kappa shape index (κ1) is 18.1. The van der Waals surface area contributed by atoms with E-state index in [1.165, 1.54) is 11.8 Å². The molecule has 1 aliphatic carbocycles. The highest BCUT2D eigenvalue weighted by atomic mass is 32.2. The van der Waals surface area contributed by atoms with Crippen LogP contribution in [-0.2, 0) is 9.53 Å². The highest BCUT2D eigenvalue weighted by molar-refractivity contribution is 7.99. The van der Waals surface area contributed by atoms with E-state index in [0.29, 0.717) is 23.1 Å². The van der Waals surface area contributed by atoms with Gasteiger partial charge in [0.1, 0.15) is 0 Å². The Labute approximate surface area is 164 Å². The number of hydrogen-bond acceptors (Lipinski definition) is 7. The van der Waals surface area contributed by atoms with Gasteiger partial charge in [-0.25, -0.2) is 9.59 Å². The molecule has 0 atom stereocenters. The van der Waals surface area contributed by atoms with Gasteiger partial charge in [-0.05, 0) is 31.2 Å². The monoisotopic (exact) mass is 405 g/mol. The molecule has 142 valence electrons. The molecule has 1 fully saturated rings. The molecule has 0 radical (unpaired) electrons. The molecule has 0 aromatic carbocycles. The molecule has 27 heavy (non-hydrogen) atoms. The number of aromatic nitrogens is 3. The quantitative estimate of drug-likeness (QED) is 0.543. The van der Waals surface area contributed by atoms with Crippen molar-refractivity contribution in [3.8, 4) is 10.7 Å². The minimum atomic E-state index is -0.413. The lowest BCUT2D eigenvalue weighted by atomic mass is 10.2. The number of nitrogens with one attached hydrogen (secondary N) is 2. The maximum atomic E-state index is 12.2. The van der Waals surface area contributed by atoms with Crippen molar-refractivity contribution in [3.63, 3.8) is 0 Å². The summed E-state index contributed by atoms with van der Waals surface area (Å²) >= 11 is 3.10. The summed E-state index contributed by atoms with van der Waals surface area (Å²) in [6.07, 6.45) is 2.23. The molecular weight excluding hydrogens is 386 g/mol. The fourth-order valence-electron chi connectivity index (χ4n) is 2.82. The summed E-state index contributed by atoms with van der Waals surface area (Å²) in [5.74, 6) is 0.879. The van der Waals surface area contributed by atoms with E-state index in [2.05, 4.69) is 25.4 Å². The van der Waals surface area contributed by atoms with Gasteiger partial charge in [-0.2, -0.15) is 0 Å². The summed E-state index contributed by atoms with van der Waals surface area (Å²) in [4.78, 5) is 25.0. The molecule has 0 bridgehead atoms. The minimum Gasteiger partial charge on any atom is -0.463 e. The number of ether oxygens (including phenoxy) is 1. The number of urea groups is 1. The van der Waals surface area contributed by atoms with Crippen molar-refractivity contribution in [2.24, 2.45) is 0 Å². The van der Waals surface area contributed by atoms with Crippen LogP contribution in [0.15, 0.2) is 33.9 Å². The van der Waals surface area contributed by atoms with Gasteiger partial charge in [0.05, 0.1) is 23.6 Å². The predicted molar refractivity (Wildman–Crippen MR) is 103 cm³/mol. The number of thiophene rings is 1. The number of carbonyl (C=O) groups is 2. The van der Waals surface area contributed by atoms with Crippen LogP contribution in [0.1, 0.15) is 25.8 Å². The van der Waals surface area contributed by atoms with Gasteiger partial charge in [0.15, 0.2) is 11.0 Å². The zero-order valence-electron chi connectivity index (χ0n) is 14.7. The summed E-state index contributed by atoms with van der Waals surface area (Å²) in [6.45, 7) is 2.21. The summed E-state index contributed by atoms with van der Waals surface area (Å²) in [5.41, 5.74) is 1.00. The standard InChI is InChI=1S/C17H19N5O3S2/c1-2-25-15(23)11-8-18-16(24)19-12(11)9-27-17-21-20-14(13-4-3-7-26-13)22(17)10-5-6-10/h3-4,7,10H,2,5-6,8-9H2,1H3,(H2,18,19,24). The number of hydrogen-bond donors (Lipinski definition) is 2. The maximum Gasteiger partial charge on any atom is 0.337 e. The van der Waals surface area contributed by atoms with Crippen LogP contribution in [0.25, 0.3) is 10.7 Å². The van der Waals surface area contributed by atoms with E-state index >= 15 is 0 Å². The second-order valence-electron chi connectivity index (χ2n) is 6.16. The minimum absolute atomic E-state index is 0.163. The third kappa shape index (κ3) is 3.86. The van der Waals surface area contributed by atoms with Crippen LogP contribution in [0.3, 0.4) is 0 Å². The van der Waals surface area contributed by atoms with Crippen molar-refractivity contribution in [1.29, 1.82) is 0 Å². The molecular formula is C17H19N5O3S2. The van der Waals surface area contributed by atoms with Crippen LogP contribution in [0.5, 0.6) is 0 Å². The summed E-state index contributed by atoms with van der Waals surface area (Å²) in [7, 11) is 0. The van der Waals surface area contributed by atoms with Crippen molar-refractivity contribution in [1.82, 2.24) is 25.4 Å². The van der Waals surface area contributed by atoms with Crippen LogP contribution in [0, 0.1) is 0 Å². The van der Waals surface area contributed by atoms with Crippen LogP contribution >= 0.6 is 23.1 Å². The van der Waals surface area contributed by atoms with Gasteiger partial charge < -0.3 is 15.4 Å². The Morgan fingerprint density at radius 3 is 3.00 bits per heavy atom. The number of nitrogens with zero attached hydrogens (tertiary/aromatic N) is 3. The Morgan fingerprint density at radius 2 is 2.30 bits per heavy atom. The van der Waals surface area contributed by atoms with Gasteiger partial charge in [0.2, 0.25) is 0 Å². The van der Waals surface area contributed by atoms with Gasteiger partial charge in [-0.15, -0.1) is 21.5 Å². The average Bonchev–Trinajstić information content (AvgIpc) is 3.18. The van der Waals surface area contributed by atoms with Crippen molar-refractivity contribution in [2.75, 3.05) is 18.9 Å². The molecule has 0 spiro atoms. The third-order valence-electron chi connectivity index (χ3n) is 4.24.